The van der Waals surface area contributed by atoms with E-state index in [4.69, 9.17) is 5.73 Å². The second-order valence-corrected chi connectivity index (χ2v) is 2.84. The van der Waals surface area contributed by atoms with Crippen LogP contribution in [0, 0.1) is 5.82 Å². The first-order chi connectivity index (χ1) is 6.80. The first-order valence-electron chi connectivity index (χ1n) is 3.89. The monoisotopic (exact) mass is 220 g/mol. The van der Waals surface area contributed by atoms with E-state index in [9.17, 15) is 17.6 Å². The highest BCUT2D eigenvalue weighted by Crippen LogP contribution is 2.27. The fourth-order valence-corrected chi connectivity index (χ4v) is 0.872. The molecule has 0 aliphatic carbocycles. The molecule has 0 unspecified atom stereocenters. The Labute approximate surface area is 83.4 Å². The Hall–Kier alpha value is -1.72. The van der Waals surface area contributed by atoms with Gasteiger partial charge in [-0.1, -0.05) is 6.58 Å². The first-order valence-corrected chi connectivity index (χ1v) is 3.89. The maximum atomic E-state index is 13.0. The van der Waals surface area contributed by atoms with Gasteiger partial charge >= 0.3 is 6.18 Å². The van der Waals surface area contributed by atoms with Gasteiger partial charge in [0.2, 0.25) is 0 Å². The molecular weight excluding hydrogens is 212 g/mol. The van der Waals surface area contributed by atoms with Crippen molar-refractivity contribution in [3.63, 3.8) is 0 Å². The lowest BCUT2D eigenvalue weighted by molar-refractivity contribution is -0.0898. The van der Waals surface area contributed by atoms with Crippen molar-refractivity contribution >= 4 is 11.4 Å². The van der Waals surface area contributed by atoms with E-state index in [2.05, 4.69) is 6.58 Å². The molecule has 1 aromatic carbocycles. The molecule has 0 aromatic heterocycles. The smallest absolute Gasteiger partial charge is 0.399 e. The molecule has 82 valence electrons. The van der Waals surface area contributed by atoms with Gasteiger partial charge in [0.05, 0.1) is 5.69 Å². The van der Waals surface area contributed by atoms with Crippen molar-refractivity contribution in [2.45, 2.75) is 6.18 Å². The molecule has 1 rings (SSSR count). The molecule has 0 heterocycles. The summed E-state index contributed by atoms with van der Waals surface area (Å²) in [6.45, 7) is 2.75. The third kappa shape index (κ3) is 2.87. The van der Waals surface area contributed by atoms with Gasteiger partial charge in [0, 0.05) is 5.69 Å². The highest BCUT2D eigenvalue weighted by atomic mass is 19.4. The highest BCUT2D eigenvalue weighted by molar-refractivity contribution is 5.57. The zero-order valence-corrected chi connectivity index (χ0v) is 7.53. The molecule has 3 N–H and O–H groups in total. The van der Waals surface area contributed by atoms with Crippen molar-refractivity contribution < 1.29 is 17.6 Å². The van der Waals surface area contributed by atoms with Crippen LogP contribution in [0.25, 0.3) is 0 Å². The van der Waals surface area contributed by atoms with Crippen LogP contribution in [0.15, 0.2) is 30.5 Å². The molecule has 0 bridgehead atoms. The minimum atomic E-state index is -4.61. The lowest BCUT2D eigenvalue weighted by Crippen LogP contribution is -2.18. The zero-order chi connectivity index (χ0) is 11.6. The highest BCUT2D eigenvalue weighted by Gasteiger charge is 2.32. The SMILES string of the molecule is C=C(Nc1cc(N)ccc1F)C(F)(F)F. The maximum absolute atomic E-state index is 13.0. The van der Waals surface area contributed by atoms with Gasteiger partial charge < -0.3 is 11.1 Å². The fourth-order valence-electron chi connectivity index (χ4n) is 0.872. The first kappa shape index (κ1) is 11.4. The van der Waals surface area contributed by atoms with E-state index in [1.807, 2.05) is 5.32 Å². The number of hydrogen-bond acceptors (Lipinski definition) is 2. The molecule has 0 amide bonds. The predicted octanol–water partition coefficient (Wildman–Crippen LogP) is 2.90. The van der Waals surface area contributed by atoms with E-state index < -0.39 is 17.7 Å². The van der Waals surface area contributed by atoms with Gasteiger partial charge in [-0.05, 0) is 18.2 Å². The van der Waals surface area contributed by atoms with Gasteiger partial charge in [0.1, 0.15) is 11.5 Å². The van der Waals surface area contributed by atoms with E-state index in [1.165, 1.54) is 6.07 Å². The van der Waals surface area contributed by atoms with Crippen molar-refractivity contribution in [3.8, 4) is 0 Å². The van der Waals surface area contributed by atoms with Crippen LogP contribution >= 0.6 is 0 Å². The minimum Gasteiger partial charge on any atom is -0.399 e. The van der Waals surface area contributed by atoms with Crippen LogP contribution in [-0.4, -0.2) is 6.18 Å². The third-order valence-corrected chi connectivity index (χ3v) is 1.62. The van der Waals surface area contributed by atoms with Gasteiger partial charge in [0.25, 0.3) is 0 Å². The molecule has 0 saturated heterocycles. The summed E-state index contributed by atoms with van der Waals surface area (Å²) in [4.78, 5) is 0. The molecule has 0 spiro atoms. The second kappa shape index (κ2) is 3.80. The number of hydrogen-bond donors (Lipinski definition) is 2. The number of nitrogen functional groups attached to an aromatic ring is 1. The topological polar surface area (TPSA) is 38.0 Å². The van der Waals surface area contributed by atoms with Crippen LogP contribution in [-0.2, 0) is 0 Å². The number of rotatable bonds is 2. The van der Waals surface area contributed by atoms with Crippen molar-refractivity contribution in [2.75, 3.05) is 11.1 Å². The zero-order valence-electron chi connectivity index (χ0n) is 7.53. The Balaban J connectivity index is 2.90. The van der Waals surface area contributed by atoms with Crippen LogP contribution < -0.4 is 11.1 Å². The average molecular weight is 220 g/mol. The normalized spacial score (nSPS) is 11.2. The summed E-state index contributed by atoms with van der Waals surface area (Å²) in [5.41, 5.74) is 3.86. The van der Waals surface area contributed by atoms with Crippen molar-refractivity contribution in [2.24, 2.45) is 0 Å². The summed E-state index contributed by atoms with van der Waals surface area (Å²) in [6, 6.07) is 3.28. The number of anilines is 2. The van der Waals surface area contributed by atoms with Crippen LogP contribution in [0.2, 0.25) is 0 Å². The molecule has 0 aliphatic heterocycles. The third-order valence-electron chi connectivity index (χ3n) is 1.62. The molecule has 0 saturated carbocycles. The summed E-state index contributed by atoms with van der Waals surface area (Å²) in [6.07, 6.45) is -4.61. The molecular formula is C9H8F4N2. The fraction of sp³-hybridized carbons (Fsp3) is 0.111. The second-order valence-electron chi connectivity index (χ2n) is 2.84. The van der Waals surface area contributed by atoms with E-state index in [1.54, 1.807) is 0 Å². The van der Waals surface area contributed by atoms with Crippen LogP contribution in [0.4, 0.5) is 28.9 Å². The molecule has 0 aliphatic rings. The summed E-state index contributed by atoms with van der Waals surface area (Å²) >= 11 is 0. The molecule has 6 heteroatoms. The quantitative estimate of drug-likeness (QED) is 0.594. The van der Waals surface area contributed by atoms with Crippen LogP contribution in [0.5, 0.6) is 0 Å². The summed E-state index contributed by atoms with van der Waals surface area (Å²) in [5.74, 6) is -0.824. The maximum Gasteiger partial charge on any atom is 0.430 e. The van der Waals surface area contributed by atoms with Crippen molar-refractivity contribution in [1.29, 1.82) is 0 Å². The number of benzene rings is 1. The number of halogens is 4. The van der Waals surface area contributed by atoms with E-state index in [-0.39, 0.29) is 11.4 Å². The Morgan fingerprint density at radius 2 is 1.93 bits per heavy atom. The van der Waals surface area contributed by atoms with Gasteiger partial charge in [-0.3, -0.25) is 0 Å². The molecule has 1 aromatic rings. The Morgan fingerprint density at radius 3 is 2.47 bits per heavy atom. The number of nitrogens with two attached hydrogens (primary N) is 1. The summed E-state index contributed by atoms with van der Waals surface area (Å²) in [7, 11) is 0. The molecule has 0 atom stereocenters. The van der Waals surface area contributed by atoms with E-state index in [0.29, 0.717) is 0 Å². The average Bonchev–Trinajstić information content (AvgIpc) is 2.09. The minimum absolute atomic E-state index is 0.161. The van der Waals surface area contributed by atoms with Crippen LogP contribution in [0.1, 0.15) is 0 Å². The Morgan fingerprint density at radius 1 is 1.33 bits per heavy atom. The van der Waals surface area contributed by atoms with Gasteiger partial charge in [-0.15, -0.1) is 0 Å². The Bertz CT molecular complexity index is 384. The van der Waals surface area contributed by atoms with Gasteiger partial charge in [-0.25, -0.2) is 4.39 Å². The molecule has 2 nitrogen and oxygen atoms in total. The van der Waals surface area contributed by atoms with Crippen LogP contribution in [0.3, 0.4) is 0 Å². The van der Waals surface area contributed by atoms with Gasteiger partial charge in [0.15, 0.2) is 0 Å². The van der Waals surface area contributed by atoms with Crippen molar-refractivity contribution in [3.05, 3.63) is 36.3 Å². The summed E-state index contributed by atoms with van der Waals surface area (Å²) in [5, 5.41) is 1.82. The molecule has 0 radical (unpaired) electrons. The van der Waals surface area contributed by atoms with E-state index >= 15 is 0 Å². The van der Waals surface area contributed by atoms with Crippen molar-refractivity contribution in [1.82, 2.24) is 0 Å². The Kier molecular flexibility index (Phi) is 2.88. The summed E-state index contributed by atoms with van der Waals surface area (Å²) < 4.78 is 49.1. The van der Waals surface area contributed by atoms with Gasteiger partial charge in [-0.2, -0.15) is 13.2 Å². The largest absolute Gasteiger partial charge is 0.430 e. The molecule has 0 fully saturated rings. The lowest BCUT2D eigenvalue weighted by atomic mass is 10.2. The predicted molar refractivity (Wildman–Crippen MR) is 49.6 cm³/mol. The standard InChI is InChI=1S/C9H8F4N2/c1-5(9(11,12)13)15-8-4-6(14)2-3-7(8)10/h2-4,15H,1,14H2. The van der Waals surface area contributed by atoms with E-state index in [0.717, 1.165) is 12.1 Å². The molecule has 15 heavy (non-hydrogen) atoms. The number of allylic oxidation sites excluding steroid dienone is 1. The number of nitrogens with one attached hydrogen (secondary N) is 1. The number of alkyl halides is 3. The lowest BCUT2D eigenvalue weighted by Gasteiger charge is -2.13.